The van der Waals surface area contributed by atoms with E-state index in [2.05, 4.69) is 15.3 Å². The molecule has 0 aliphatic carbocycles. The van der Waals surface area contributed by atoms with Gasteiger partial charge in [-0.05, 0) is 12.0 Å². The van der Waals surface area contributed by atoms with E-state index in [1.165, 1.54) is 13.4 Å². The predicted octanol–water partition coefficient (Wildman–Crippen LogP) is 2.74. The van der Waals surface area contributed by atoms with Crippen molar-refractivity contribution in [2.45, 2.75) is 25.3 Å². The maximum atomic E-state index is 13.2. The van der Waals surface area contributed by atoms with Gasteiger partial charge in [0, 0.05) is 36.2 Å². The molecule has 1 amide bonds. The number of carbonyl (C=O) groups excluding carboxylic acids is 3. The molecule has 0 saturated heterocycles. The molecule has 0 fully saturated rings. The largest absolute Gasteiger partial charge is 0.467 e. The first-order valence-corrected chi connectivity index (χ1v) is 10.0. The van der Waals surface area contributed by atoms with E-state index >= 15 is 0 Å². The average molecular weight is 419 g/mol. The van der Waals surface area contributed by atoms with E-state index < -0.39 is 17.9 Å². The van der Waals surface area contributed by atoms with Gasteiger partial charge in [-0.25, -0.2) is 9.78 Å². The molecule has 2 aromatic carbocycles. The summed E-state index contributed by atoms with van der Waals surface area (Å²) in [6.45, 7) is 0. The van der Waals surface area contributed by atoms with Crippen LogP contribution in [0.1, 0.15) is 28.0 Å². The number of nitrogens with one attached hydrogen (secondary N) is 2. The summed E-state index contributed by atoms with van der Waals surface area (Å²) in [6.07, 6.45) is 3.71. The molecule has 2 atom stereocenters. The first-order chi connectivity index (χ1) is 15.1. The highest BCUT2D eigenvalue weighted by atomic mass is 16.5. The van der Waals surface area contributed by atoms with Crippen molar-refractivity contribution in [2.75, 3.05) is 7.11 Å². The zero-order chi connectivity index (χ0) is 22.1. The van der Waals surface area contributed by atoms with Crippen LogP contribution < -0.4 is 5.32 Å². The Morgan fingerprint density at radius 1 is 1.00 bits per heavy atom. The molecule has 0 aliphatic rings. The van der Waals surface area contributed by atoms with E-state index in [4.69, 9.17) is 4.74 Å². The molecule has 2 N–H and O–H groups in total. The second-order valence-corrected chi connectivity index (χ2v) is 7.25. The van der Waals surface area contributed by atoms with E-state index in [0.29, 0.717) is 17.7 Å². The van der Waals surface area contributed by atoms with Gasteiger partial charge in [0.05, 0.1) is 13.4 Å². The van der Waals surface area contributed by atoms with Crippen molar-refractivity contribution in [1.29, 1.82) is 0 Å². The Kier molecular flexibility index (Phi) is 7.70. The Bertz CT molecular complexity index is 988. The van der Waals surface area contributed by atoms with Gasteiger partial charge < -0.3 is 15.0 Å². The fraction of sp³-hybridized carbons (Fsp3) is 0.250. The summed E-state index contributed by atoms with van der Waals surface area (Å²) in [5.41, 5.74) is 2.18. The van der Waals surface area contributed by atoms with Crippen LogP contribution >= 0.6 is 0 Å². The van der Waals surface area contributed by atoms with Gasteiger partial charge in [-0.3, -0.25) is 9.59 Å². The van der Waals surface area contributed by atoms with Crippen molar-refractivity contribution < 1.29 is 19.1 Å². The fourth-order valence-corrected chi connectivity index (χ4v) is 3.36. The normalized spacial score (nSPS) is 12.5. The van der Waals surface area contributed by atoms with E-state index in [9.17, 15) is 14.4 Å². The maximum Gasteiger partial charge on any atom is 0.328 e. The number of aromatic nitrogens is 2. The number of rotatable bonds is 10. The third-order valence-corrected chi connectivity index (χ3v) is 5.00. The summed E-state index contributed by atoms with van der Waals surface area (Å²) in [6, 6.07) is 17.5. The van der Waals surface area contributed by atoms with Gasteiger partial charge in [-0.2, -0.15) is 0 Å². The van der Waals surface area contributed by atoms with Crippen molar-refractivity contribution in [1.82, 2.24) is 15.3 Å². The number of amides is 1. The van der Waals surface area contributed by atoms with Crippen molar-refractivity contribution in [3.8, 4) is 0 Å². The molecule has 3 aromatic rings. The molecule has 0 bridgehead atoms. The monoisotopic (exact) mass is 419 g/mol. The molecule has 7 nitrogen and oxygen atoms in total. The van der Waals surface area contributed by atoms with Crippen LogP contribution in [0.3, 0.4) is 0 Å². The number of imidazole rings is 1. The molecule has 0 radical (unpaired) electrons. The fourth-order valence-electron chi connectivity index (χ4n) is 3.36. The van der Waals surface area contributed by atoms with Gasteiger partial charge >= 0.3 is 5.97 Å². The zero-order valence-electron chi connectivity index (χ0n) is 17.3. The molecule has 1 aromatic heterocycles. The Hall–Kier alpha value is -3.74. The van der Waals surface area contributed by atoms with Gasteiger partial charge in [0.1, 0.15) is 6.04 Å². The molecular formula is C24H25N3O4. The van der Waals surface area contributed by atoms with Gasteiger partial charge in [-0.1, -0.05) is 60.7 Å². The molecular weight excluding hydrogens is 394 g/mol. The number of carbonyl (C=O) groups is 3. The minimum Gasteiger partial charge on any atom is -0.467 e. The topological polar surface area (TPSA) is 101 Å². The minimum absolute atomic E-state index is 0.0304. The summed E-state index contributed by atoms with van der Waals surface area (Å²) in [5, 5.41) is 2.77. The standard InChI is InChI=1S/C24H25N3O4/c1-31-24(30)21(14-20-15-25-16-26-20)27-23(29)19(12-17-8-4-2-5-9-17)13-22(28)18-10-6-3-7-11-18/h2-11,15-16,19,21H,12-14H2,1H3,(H,25,26)(H,27,29)/t19-,21+/m0/s1. The highest BCUT2D eigenvalue weighted by Gasteiger charge is 2.28. The summed E-state index contributed by atoms with van der Waals surface area (Å²) >= 11 is 0. The lowest BCUT2D eigenvalue weighted by Gasteiger charge is -2.21. The lowest BCUT2D eigenvalue weighted by molar-refractivity contribution is -0.145. The molecule has 160 valence electrons. The minimum atomic E-state index is -0.886. The third kappa shape index (κ3) is 6.37. The maximum absolute atomic E-state index is 13.2. The van der Waals surface area contributed by atoms with Crippen LogP contribution in [0, 0.1) is 5.92 Å². The summed E-state index contributed by atoms with van der Waals surface area (Å²) in [5.74, 6) is -1.69. The second kappa shape index (κ2) is 10.9. The van der Waals surface area contributed by atoms with E-state index in [-0.39, 0.29) is 24.5 Å². The Balaban J connectivity index is 1.77. The summed E-state index contributed by atoms with van der Waals surface area (Å²) in [7, 11) is 1.27. The highest BCUT2D eigenvalue weighted by Crippen LogP contribution is 2.17. The smallest absolute Gasteiger partial charge is 0.328 e. The number of hydrogen-bond donors (Lipinski definition) is 2. The van der Waals surface area contributed by atoms with Crippen LogP contribution in [0.4, 0.5) is 0 Å². The molecule has 0 spiro atoms. The predicted molar refractivity (Wildman–Crippen MR) is 115 cm³/mol. The number of benzene rings is 2. The van der Waals surface area contributed by atoms with Crippen LogP contribution in [-0.2, 0) is 27.2 Å². The number of H-pyrrole nitrogens is 1. The zero-order valence-corrected chi connectivity index (χ0v) is 17.3. The number of methoxy groups -OCH3 is 1. The third-order valence-electron chi connectivity index (χ3n) is 5.00. The van der Waals surface area contributed by atoms with Crippen LogP contribution in [0.5, 0.6) is 0 Å². The van der Waals surface area contributed by atoms with Crippen molar-refractivity contribution >= 4 is 17.7 Å². The van der Waals surface area contributed by atoms with Gasteiger partial charge in [0.25, 0.3) is 0 Å². The highest BCUT2D eigenvalue weighted by molar-refractivity contribution is 5.99. The molecule has 7 heteroatoms. The van der Waals surface area contributed by atoms with Crippen LogP contribution in [0.25, 0.3) is 0 Å². The SMILES string of the molecule is COC(=O)[C@@H](Cc1cnc[nH]1)NC(=O)[C@H](CC(=O)c1ccccc1)Cc1ccccc1. The number of nitrogens with zero attached hydrogens (tertiary/aromatic N) is 1. The van der Waals surface area contributed by atoms with Crippen LogP contribution in [0.2, 0.25) is 0 Å². The van der Waals surface area contributed by atoms with Gasteiger partial charge in [0.15, 0.2) is 5.78 Å². The molecule has 3 rings (SSSR count). The number of Topliss-reactive ketones (excluding diaryl/α,β-unsaturated/α-hetero) is 1. The Labute approximate surface area is 180 Å². The van der Waals surface area contributed by atoms with Gasteiger partial charge in [-0.15, -0.1) is 0 Å². The average Bonchev–Trinajstić information content (AvgIpc) is 3.32. The number of ether oxygens (including phenoxy) is 1. The van der Waals surface area contributed by atoms with Gasteiger partial charge in [0.2, 0.25) is 5.91 Å². The first-order valence-electron chi connectivity index (χ1n) is 10.0. The number of hydrogen-bond acceptors (Lipinski definition) is 5. The summed E-state index contributed by atoms with van der Waals surface area (Å²) < 4.78 is 4.86. The summed E-state index contributed by atoms with van der Waals surface area (Å²) in [4.78, 5) is 45.1. The van der Waals surface area contributed by atoms with E-state index in [1.54, 1.807) is 30.5 Å². The van der Waals surface area contributed by atoms with Crippen LogP contribution in [-0.4, -0.2) is 40.8 Å². The quantitative estimate of drug-likeness (QED) is 0.389. The molecule has 0 saturated carbocycles. The lowest BCUT2D eigenvalue weighted by atomic mass is 9.91. The van der Waals surface area contributed by atoms with Crippen molar-refractivity contribution in [3.63, 3.8) is 0 Å². The van der Waals surface area contributed by atoms with Crippen LogP contribution in [0.15, 0.2) is 73.2 Å². The lowest BCUT2D eigenvalue weighted by Crippen LogP contribution is -2.46. The molecule has 31 heavy (non-hydrogen) atoms. The molecule has 0 unspecified atom stereocenters. The second-order valence-electron chi connectivity index (χ2n) is 7.25. The number of ketones is 1. The Morgan fingerprint density at radius 3 is 2.29 bits per heavy atom. The van der Waals surface area contributed by atoms with Crippen molar-refractivity contribution in [2.24, 2.45) is 5.92 Å². The number of aromatic amines is 1. The van der Waals surface area contributed by atoms with Crippen molar-refractivity contribution in [3.05, 3.63) is 90.0 Å². The first kappa shape index (κ1) is 22.0. The van der Waals surface area contributed by atoms with E-state index in [0.717, 1.165) is 5.56 Å². The molecule has 1 heterocycles. The van der Waals surface area contributed by atoms with E-state index in [1.807, 2.05) is 36.4 Å². The molecule has 0 aliphatic heterocycles. The Morgan fingerprint density at radius 2 is 1.68 bits per heavy atom. The number of esters is 1.